The number of ether oxygens (including phenoxy) is 3. The zero-order chi connectivity index (χ0) is 27.2. The van der Waals surface area contributed by atoms with Gasteiger partial charge in [-0.1, -0.05) is 24.3 Å². The SMILES string of the molecule is COc1ccc(CN(Cc2ccc(OC)cc2)c2ncc(NC(=O)OC(C)(C)C)c(C(C)=O)c2F)cc1. The van der Waals surface area contributed by atoms with Crippen LogP contribution < -0.4 is 19.7 Å². The fourth-order valence-electron chi connectivity index (χ4n) is 3.66. The van der Waals surface area contributed by atoms with Gasteiger partial charge in [-0.2, -0.15) is 0 Å². The molecule has 1 amide bonds. The molecule has 0 aliphatic heterocycles. The minimum atomic E-state index is -0.830. The fraction of sp³-hybridized carbons (Fsp3) is 0.321. The van der Waals surface area contributed by atoms with Gasteiger partial charge in [-0.25, -0.2) is 14.2 Å². The summed E-state index contributed by atoms with van der Waals surface area (Å²) in [5, 5.41) is 2.45. The van der Waals surface area contributed by atoms with E-state index in [0.29, 0.717) is 24.6 Å². The fourth-order valence-corrected chi connectivity index (χ4v) is 3.66. The Labute approximate surface area is 216 Å². The Balaban J connectivity index is 2.00. The molecular weight excluding hydrogens is 477 g/mol. The zero-order valence-corrected chi connectivity index (χ0v) is 21.9. The first-order valence-corrected chi connectivity index (χ1v) is 11.7. The van der Waals surface area contributed by atoms with Crippen LogP contribution in [0.3, 0.4) is 0 Å². The number of hydrogen-bond donors (Lipinski definition) is 1. The van der Waals surface area contributed by atoms with Gasteiger partial charge in [-0.3, -0.25) is 10.1 Å². The second kappa shape index (κ2) is 11.7. The summed E-state index contributed by atoms with van der Waals surface area (Å²) in [5.74, 6) is -0.00639. The summed E-state index contributed by atoms with van der Waals surface area (Å²) in [4.78, 5) is 30.8. The topological polar surface area (TPSA) is 90.0 Å². The lowest BCUT2D eigenvalue weighted by molar-refractivity contribution is 0.0636. The van der Waals surface area contributed by atoms with Crippen molar-refractivity contribution in [2.45, 2.75) is 46.4 Å². The van der Waals surface area contributed by atoms with E-state index in [4.69, 9.17) is 14.2 Å². The third-order valence-electron chi connectivity index (χ3n) is 5.35. The van der Waals surface area contributed by atoms with Crippen LogP contribution in [0.1, 0.15) is 49.2 Å². The Morgan fingerprint density at radius 1 is 0.919 bits per heavy atom. The Hall–Kier alpha value is -4.14. The van der Waals surface area contributed by atoms with Crippen LogP contribution in [0.4, 0.5) is 20.7 Å². The highest BCUT2D eigenvalue weighted by Crippen LogP contribution is 2.30. The Morgan fingerprint density at radius 3 is 1.81 bits per heavy atom. The number of aromatic nitrogens is 1. The van der Waals surface area contributed by atoms with Crippen LogP contribution in [0.25, 0.3) is 0 Å². The summed E-state index contributed by atoms with van der Waals surface area (Å²) >= 11 is 0. The maximum atomic E-state index is 15.9. The number of nitrogens with zero attached hydrogens (tertiary/aromatic N) is 2. The third-order valence-corrected chi connectivity index (χ3v) is 5.35. The van der Waals surface area contributed by atoms with Crippen molar-refractivity contribution >= 4 is 23.4 Å². The van der Waals surface area contributed by atoms with E-state index in [1.165, 1.54) is 13.1 Å². The number of hydrogen-bond acceptors (Lipinski definition) is 7. The number of anilines is 2. The second-order valence-corrected chi connectivity index (χ2v) is 9.42. The van der Waals surface area contributed by atoms with Crippen LogP contribution >= 0.6 is 0 Å². The third kappa shape index (κ3) is 7.42. The summed E-state index contributed by atoms with van der Waals surface area (Å²) in [6.45, 7) is 6.95. The monoisotopic (exact) mass is 509 g/mol. The molecule has 0 saturated heterocycles. The first kappa shape index (κ1) is 27.4. The molecule has 0 aliphatic carbocycles. The first-order valence-electron chi connectivity index (χ1n) is 11.7. The number of nitrogens with one attached hydrogen (secondary N) is 1. The number of pyridine rings is 1. The number of ketones is 1. The van der Waals surface area contributed by atoms with Gasteiger partial charge in [0.1, 0.15) is 17.1 Å². The Kier molecular flexibility index (Phi) is 8.70. The van der Waals surface area contributed by atoms with Crippen molar-refractivity contribution < 1.29 is 28.2 Å². The van der Waals surface area contributed by atoms with Gasteiger partial charge in [0.2, 0.25) is 0 Å². The molecule has 1 heterocycles. The molecule has 0 aliphatic rings. The van der Waals surface area contributed by atoms with Gasteiger partial charge in [-0.15, -0.1) is 0 Å². The van der Waals surface area contributed by atoms with Gasteiger partial charge in [0.05, 0.1) is 31.7 Å². The highest BCUT2D eigenvalue weighted by atomic mass is 19.1. The highest BCUT2D eigenvalue weighted by Gasteiger charge is 2.25. The molecule has 0 unspecified atom stereocenters. The minimum Gasteiger partial charge on any atom is -0.497 e. The number of carbonyl (C=O) groups is 2. The van der Waals surface area contributed by atoms with Gasteiger partial charge in [0.25, 0.3) is 0 Å². The summed E-state index contributed by atoms with van der Waals surface area (Å²) in [6, 6.07) is 14.8. The molecule has 1 aromatic heterocycles. The van der Waals surface area contributed by atoms with E-state index < -0.39 is 23.3 Å². The molecule has 0 bridgehead atoms. The van der Waals surface area contributed by atoms with Crippen LogP contribution in [-0.4, -0.2) is 36.7 Å². The number of amides is 1. The number of benzene rings is 2. The van der Waals surface area contributed by atoms with E-state index in [-0.39, 0.29) is 17.1 Å². The van der Waals surface area contributed by atoms with Crippen molar-refractivity contribution in [2.75, 3.05) is 24.4 Å². The van der Waals surface area contributed by atoms with Crippen molar-refractivity contribution in [3.63, 3.8) is 0 Å². The van der Waals surface area contributed by atoms with Crippen LogP contribution in [0, 0.1) is 5.82 Å². The quantitative estimate of drug-likeness (QED) is 0.354. The summed E-state index contributed by atoms with van der Waals surface area (Å²) in [6.07, 6.45) is 0.464. The normalized spacial score (nSPS) is 11.0. The molecule has 0 radical (unpaired) electrons. The van der Waals surface area contributed by atoms with Gasteiger partial charge in [-0.05, 0) is 63.1 Å². The van der Waals surface area contributed by atoms with E-state index in [2.05, 4.69) is 10.3 Å². The van der Waals surface area contributed by atoms with E-state index in [0.717, 1.165) is 11.1 Å². The zero-order valence-electron chi connectivity index (χ0n) is 21.9. The molecular formula is C28H32FN3O5. The van der Waals surface area contributed by atoms with E-state index >= 15 is 4.39 Å². The molecule has 0 atom stereocenters. The molecule has 8 nitrogen and oxygen atoms in total. The Bertz CT molecular complexity index is 1190. The summed E-state index contributed by atoms with van der Waals surface area (Å²) in [7, 11) is 3.17. The second-order valence-electron chi connectivity index (χ2n) is 9.42. The lowest BCUT2D eigenvalue weighted by atomic mass is 10.1. The van der Waals surface area contributed by atoms with Crippen molar-refractivity contribution in [3.05, 3.63) is 77.2 Å². The number of methoxy groups -OCH3 is 2. The van der Waals surface area contributed by atoms with Crippen LogP contribution in [-0.2, 0) is 17.8 Å². The molecule has 1 N–H and O–H groups in total. The highest BCUT2D eigenvalue weighted by molar-refractivity contribution is 6.03. The van der Waals surface area contributed by atoms with Crippen molar-refractivity contribution in [3.8, 4) is 11.5 Å². The molecule has 0 spiro atoms. The summed E-state index contributed by atoms with van der Waals surface area (Å²) in [5.41, 5.74) is 0.675. The number of halogens is 1. The Morgan fingerprint density at radius 2 is 1.41 bits per heavy atom. The molecule has 3 aromatic rings. The van der Waals surface area contributed by atoms with Crippen molar-refractivity contribution in [1.82, 2.24) is 4.98 Å². The smallest absolute Gasteiger partial charge is 0.412 e. The summed E-state index contributed by atoms with van der Waals surface area (Å²) < 4.78 is 31.6. The van der Waals surface area contributed by atoms with Crippen LogP contribution in [0.5, 0.6) is 11.5 Å². The molecule has 0 saturated carbocycles. The standard InChI is InChI=1S/C28H32FN3O5/c1-18(33)24-23(31-27(34)37-28(2,3)4)15-30-26(25(24)29)32(16-19-7-11-21(35-5)12-8-19)17-20-9-13-22(36-6)14-10-20/h7-15H,16-17H2,1-6H3,(H,31,34). The van der Waals surface area contributed by atoms with E-state index in [1.54, 1.807) is 39.9 Å². The molecule has 0 fully saturated rings. The van der Waals surface area contributed by atoms with Gasteiger partial charge < -0.3 is 19.1 Å². The largest absolute Gasteiger partial charge is 0.497 e. The van der Waals surface area contributed by atoms with Crippen molar-refractivity contribution in [1.29, 1.82) is 0 Å². The molecule has 37 heavy (non-hydrogen) atoms. The van der Waals surface area contributed by atoms with Crippen molar-refractivity contribution in [2.24, 2.45) is 0 Å². The average molecular weight is 510 g/mol. The van der Waals surface area contributed by atoms with Gasteiger partial charge in [0.15, 0.2) is 17.4 Å². The van der Waals surface area contributed by atoms with Gasteiger partial charge in [0, 0.05) is 13.1 Å². The maximum absolute atomic E-state index is 15.9. The maximum Gasteiger partial charge on any atom is 0.412 e. The first-order chi connectivity index (χ1) is 17.5. The van der Waals surface area contributed by atoms with E-state index in [9.17, 15) is 9.59 Å². The van der Waals surface area contributed by atoms with Crippen LogP contribution in [0.15, 0.2) is 54.7 Å². The molecule has 9 heteroatoms. The van der Waals surface area contributed by atoms with Crippen LogP contribution in [0.2, 0.25) is 0 Å². The predicted molar refractivity (Wildman–Crippen MR) is 140 cm³/mol. The minimum absolute atomic E-state index is 0.0217. The van der Waals surface area contributed by atoms with E-state index in [1.807, 2.05) is 48.5 Å². The molecule has 2 aromatic carbocycles. The number of rotatable bonds is 9. The molecule has 3 rings (SSSR count). The predicted octanol–water partition coefficient (Wildman–Crippen LogP) is 5.99. The van der Waals surface area contributed by atoms with Gasteiger partial charge >= 0.3 is 6.09 Å². The number of carbonyl (C=O) groups excluding carboxylic acids is 2. The lowest BCUT2D eigenvalue weighted by Crippen LogP contribution is -2.29. The molecule has 196 valence electrons. The number of Topliss-reactive ketones (excluding diaryl/α,β-unsaturated/α-hetero) is 1. The average Bonchev–Trinajstić information content (AvgIpc) is 2.83. The lowest BCUT2D eigenvalue weighted by Gasteiger charge is -2.26.